The SMILES string of the molecule is CCOc1ccc(C(=O)N(Cc2ccsc2)CC(F)(F)F)cc1. The standard InChI is InChI=1S/C16H16F3NO2S/c1-2-22-14-5-3-13(4-6-14)15(21)20(11-16(17,18)19)9-12-7-8-23-10-12/h3-8,10H,2,9,11H2,1H3. The van der Waals surface area contributed by atoms with Gasteiger partial charge in [0.2, 0.25) is 0 Å². The van der Waals surface area contributed by atoms with Gasteiger partial charge in [0.05, 0.1) is 6.61 Å². The Kier molecular flexibility index (Phi) is 5.65. The van der Waals surface area contributed by atoms with E-state index >= 15 is 0 Å². The normalized spacial score (nSPS) is 11.3. The van der Waals surface area contributed by atoms with Gasteiger partial charge in [-0.3, -0.25) is 4.79 Å². The molecule has 0 N–H and O–H groups in total. The molecule has 1 aromatic carbocycles. The fraction of sp³-hybridized carbons (Fsp3) is 0.312. The molecule has 0 spiro atoms. The summed E-state index contributed by atoms with van der Waals surface area (Å²) in [5, 5.41) is 3.50. The third-order valence-electron chi connectivity index (χ3n) is 3.02. The zero-order chi connectivity index (χ0) is 16.9. The monoisotopic (exact) mass is 343 g/mol. The Balaban J connectivity index is 2.17. The second kappa shape index (κ2) is 7.50. The van der Waals surface area contributed by atoms with Crippen molar-refractivity contribution in [2.75, 3.05) is 13.2 Å². The van der Waals surface area contributed by atoms with Crippen molar-refractivity contribution in [2.24, 2.45) is 0 Å². The Morgan fingerprint density at radius 2 is 1.91 bits per heavy atom. The first-order valence-electron chi connectivity index (χ1n) is 6.99. The van der Waals surface area contributed by atoms with E-state index in [-0.39, 0.29) is 12.1 Å². The summed E-state index contributed by atoms with van der Waals surface area (Å²) in [7, 11) is 0. The largest absolute Gasteiger partial charge is 0.494 e. The van der Waals surface area contributed by atoms with Crippen LogP contribution in [-0.4, -0.2) is 30.1 Å². The number of nitrogens with zero attached hydrogens (tertiary/aromatic N) is 1. The fourth-order valence-corrected chi connectivity index (χ4v) is 2.72. The maximum Gasteiger partial charge on any atom is 0.406 e. The summed E-state index contributed by atoms with van der Waals surface area (Å²) >= 11 is 1.38. The minimum atomic E-state index is -4.45. The van der Waals surface area contributed by atoms with E-state index in [2.05, 4.69) is 0 Å². The van der Waals surface area contributed by atoms with Crippen LogP contribution in [0.5, 0.6) is 5.75 Å². The van der Waals surface area contributed by atoms with E-state index in [1.54, 1.807) is 29.0 Å². The second-order valence-electron chi connectivity index (χ2n) is 4.87. The average molecular weight is 343 g/mol. The van der Waals surface area contributed by atoms with Gasteiger partial charge < -0.3 is 9.64 Å². The fourth-order valence-electron chi connectivity index (χ4n) is 2.06. The Bertz CT molecular complexity index is 624. The van der Waals surface area contributed by atoms with E-state index < -0.39 is 18.6 Å². The van der Waals surface area contributed by atoms with Gasteiger partial charge in [-0.15, -0.1) is 0 Å². The van der Waals surface area contributed by atoms with Gasteiger partial charge >= 0.3 is 6.18 Å². The summed E-state index contributed by atoms with van der Waals surface area (Å²) in [6, 6.07) is 7.81. The molecule has 1 amide bonds. The third-order valence-corrected chi connectivity index (χ3v) is 3.76. The molecule has 2 rings (SSSR count). The molecule has 0 aliphatic rings. The van der Waals surface area contributed by atoms with E-state index in [4.69, 9.17) is 4.74 Å². The van der Waals surface area contributed by atoms with Crippen LogP contribution in [0.2, 0.25) is 0 Å². The highest BCUT2D eigenvalue weighted by atomic mass is 32.1. The molecule has 0 aliphatic heterocycles. The van der Waals surface area contributed by atoms with Crippen molar-refractivity contribution in [1.29, 1.82) is 0 Å². The van der Waals surface area contributed by atoms with Crippen LogP contribution in [-0.2, 0) is 6.54 Å². The molecule has 1 aromatic heterocycles. The minimum Gasteiger partial charge on any atom is -0.494 e. The maximum atomic E-state index is 12.8. The number of amides is 1. The predicted octanol–water partition coefficient (Wildman–Crippen LogP) is 4.35. The van der Waals surface area contributed by atoms with Crippen LogP contribution in [0.25, 0.3) is 0 Å². The Hall–Kier alpha value is -2.02. The number of ether oxygens (including phenoxy) is 1. The number of hydrogen-bond donors (Lipinski definition) is 0. The lowest BCUT2D eigenvalue weighted by molar-refractivity contribution is -0.141. The summed E-state index contributed by atoms with van der Waals surface area (Å²) in [6.07, 6.45) is -4.45. The van der Waals surface area contributed by atoms with Crippen LogP contribution in [0.15, 0.2) is 41.1 Å². The summed E-state index contributed by atoms with van der Waals surface area (Å²) < 4.78 is 43.6. The smallest absolute Gasteiger partial charge is 0.406 e. The second-order valence-corrected chi connectivity index (χ2v) is 5.65. The Morgan fingerprint density at radius 1 is 1.22 bits per heavy atom. The molecular formula is C16H16F3NO2S. The number of alkyl halides is 3. The number of rotatable bonds is 6. The number of carbonyl (C=O) groups is 1. The topological polar surface area (TPSA) is 29.5 Å². The van der Waals surface area contributed by atoms with Crippen LogP contribution in [0, 0.1) is 0 Å². The van der Waals surface area contributed by atoms with Crippen LogP contribution < -0.4 is 4.74 Å². The molecule has 2 aromatic rings. The zero-order valence-corrected chi connectivity index (χ0v) is 13.3. The molecular weight excluding hydrogens is 327 g/mol. The summed E-state index contributed by atoms with van der Waals surface area (Å²) in [4.78, 5) is 13.2. The number of benzene rings is 1. The lowest BCUT2D eigenvalue weighted by Crippen LogP contribution is -2.38. The van der Waals surface area contributed by atoms with Crippen molar-refractivity contribution in [3.63, 3.8) is 0 Å². The molecule has 1 heterocycles. The number of hydrogen-bond acceptors (Lipinski definition) is 3. The predicted molar refractivity (Wildman–Crippen MR) is 82.7 cm³/mol. The van der Waals surface area contributed by atoms with Crippen molar-refractivity contribution in [2.45, 2.75) is 19.6 Å². The zero-order valence-electron chi connectivity index (χ0n) is 12.5. The summed E-state index contributed by atoms with van der Waals surface area (Å²) in [5.41, 5.74) is 0.881. The summed E-state index contributed by atoms with van der Waals surface area (Å²) in [6.45, 7) is 0.945. The van der Waals surface area contributed by atoms with E-state index in [0.717, 1.165) is 4.90 Å². The molecule has 23 heavy (non-hydrogen) atoms. The van der Waals surface area contributed by atoms with E-state index in [0.29, 0.717) is 17.9 Å². The molecule has 0 fully saturated rings. The quantitative estimate of drug-likeness (QED) is 0.780. The van der Waals surface area contributed by atoms with Crippen molar-refractivity contribution in [3.05, 3.63) is 52.2 Å². The van der Waals surface area contributed by atoms with Crippen LogP contribution in [0.4, 0.5) is 13.2 Å². The van der Waals surface area contributed by atoms with E-state index in [1.807, 2.05) is 6.92 Å². The molecule has 3 nitrogen and oxygen atoms in total. The molecule has 0 radical (unpaired) electrons. The Labute approximate surface area is 136 Å². The van der Waals surface area contributed by atoms with Gasteiger partial charge in [-0.25, -0.2) is 0 Å². The highest BCUT2D eigenvalue weighted by Crippen LogP contribution is 2.22. The van der Waals surface area contributed by atoms with Gasteiger partial charge in [0.1, 0.15) is 12.3 Å². The maximum absolute atomic E-state index is 12.8. The van der Waals surface area contributed by atoms with Gasteiger partial charge in [-0.1, -0.05) is 0 Å². The van der Waals surface area contributed by atoms with Gasteiger partial charge in [-0.05, 0) is 53.6 Å². The molecule has 0 atom stereocenters. The van der Waals surface area contributed by atoms with Gasteiger partial charge in [-0.2, -0.15) is 24.5 Å². The number of carbonyl (C=O) groups excluding carboxylic acids is 1. The molecule has 0 unspecified atom stereocenters. The van der Waals surface area contributed by atoms with E-state index in [9.17, 15) is 18.0 Å². The molecule has 0 aliphatic carbocycles. The van der Waals surface area contributed by atoms with Crippen molar-refractivity contribution < 1.29 is 22.7 Å². The number of thiophene rings is 1. The van der Waals surface area contributed by atoms with Crippen molar-refractivity contribution in [3.8, 4) is 5.75 Å². The van der Waals surface area contributed by atoms with Crippen LogP contribution in [0.3, 0.4) is 0 Å². The van der Waals surface area contributed by atoms with Crippen LogP contribution in [0.1, 0.15) is 22.8 Å². The highest BCUT2D eigenvalue weighted by Gasteiger charge is 2.33. The molecule has 7 heteroatoms. The van der Waals surface area contributed by atoms with Gasteiger partial charge in [0.25, 0.3) is 5.91 Å². The van der Waals surface area contributed by atoms with Gasteiger partial charge in [0, 0.05) is 12.1 Å². The molecule has 124 valence electrons. The highest BCUT2D eigenvalue weighted by molar-refractivity contribution is 7.07. The summed E-state index contributed by atoms with van der Waals surface area (Å²) in [5.74, 6) is -0.0826. The molecule has 0 saturated heterocycles. The number of halogens is 3. The first-order valence-corrected chi connectivity index (χ1v) is 7.93. The lowest BCUT2D eigenvalue weighted by Gasteiger charge is -2.23. The first kappa shape index (κ1) is 17.3. The average Bonchev–Trinajstić information content (AvgIpc) is 2.99. The lowest BCUT2D eigenvalue weighted by atomic mass is 10.1. The van der Waals surface area contributed by atoms with Gasteiger partial charge in [0.15, 0.2) is 0 Å². The Morgan fingerprint density at radius 3 is 2.43 bits per heavy atom. The molecule has 0 saturated carbocycles. The minimum absolute atomic E-state index is 0.0744. The third kappa shape index (κ3) is 5.28. The van der Waals surface area contributed by atoms with Crippen molar-refractivity contribution >= 4 is 17.2 Å². The first-order chi connectivity index (χ1) is 10.9. The van der Waals surface area contributed by atoms with Crippen molar-refractivity contribution in [1.82, 2.24) is 4.90 Å². The van der Waals surface area contributed by atoms with Crippen LogP contribution >= 0.6 is 11.3 Å². The molecule has 0 bridgehead atoms. The van der Waals surface area contributed by atoms with E-state index in [1.165, 1.54) is 23.5 Å².